The maximum absolute atomic E-state index is 13.6. The number of hydrogen-bond donors (Lipinski definition) is 2. The number of fused-ring (bicyclic) bond motifs is 3. The van der Waals surface area contributed by atoms with E-state index in [0.29, 0.717) is 30.9 Å². The predicted molar refractivity (Wildman–Crippen MR) is 132 cm³/mol. The average molecular weight is 482 g/mol. The third-order valence-corrected chi connectivity index (χ3v) is 7.08. The van der Waals surface area contributed by atoms with Crippen LogP contribution in [0.15, 0.2) is 78.9 Å². The van der Waals surface area contributed by atoms with Crippen molar-refractivity contribution in [3.05, 3.63) is 95.6 Å². The van der Waals surface area contributed by atoms with Gasteiger partial charge in [-0.15, -0.1) is 0 Å². The summed E-state index contributed by atoms with van der Waals surface area (Å²) >= 11 is 0. The van der Waals surface area contributed by atoms with E-state index >= 15 is 0 Å². The van der Waals surface area contributed by atoms with Crippen molar-refractivity contribution in [2.45, 2.75) is 37.3 Å². The summed E-state index contributed by atoms with van der Waals surface area (Å²) in [6.45, 7) is 1.83. The van der Waals surface area contributed by atoms with E-state index in [1.54, 1.807) is 6.07 Å². The number of halogens is 3. The second kappa shape index (κ2) is 9.91. The van der Waals surface area contributed by atoms with Crippen LogP contribution in [0.4, 0.5) is 24.5 Å². The monoisotopic (exact) mass is 481 g/mol. The predicted octanol–water partition coefficient (Wildman–Crippen LogP) is 6.17. The van der Waals surface area contributed by atoms with Gasteiger partial charge in [-0.1, -0.05) is 48.5 Å². The van der Waals surface area contributed by atoms with Gasteiger partial charge in [0.15, 0.2) is 0 Å². The van der Waals surface area contributed by atoms with E-state index in [-0.39, 0.29) is 18.1 Å². The lowest BCUT2D eigenvalue weighted by Gasteiger charge is -2.46. The lowest BCUT2D eigenvalue weighted by Crippen LogP contribution is -2.44. The van der Waals surface area contributed by atoms with Crippen molar-refractivity contribution in [2.24, 2.45) is 11.7 Å². The number of anilines is 2. The van der Waals surface area contributed by atoms with E-state index in [1.165, 1.54) is 6.07 Å². The minimum atomic E-state index is -4.40. The standard InChI is InChI=1S/C28H30F3N3O/c29-28(30,31)20-11-14-25-24(17-20)27-23(26(33-25)19-7-3-1-4-8-19)13-12-22(35-27)18-34(16-15-32)21-9-5-2-6-10-21/h1-11,14,17,22-23,26-27,33H,12-13,15-16,18,32H2/t22-,23+,26+,27+/m1/s1. The Bertz CT molecular complexity index is 1120. The highest BCUT2D eigenvalue weighted by Crippen LogP contribution is 2.51. The van der Waals surface area contributed by atoms with Crippen LogP contribution in [0.5, 0.6) is 0 Å². The molecule has 0 amide bonds. The number of ether oxygens (including phenoxy) is 1. The first-order valence-electron chi connectivity index (χ1n) is 12.1. The molecule has 1 saturated heterocycles. The molecule has 0 bridgehead atoms. The van der Waals surface area contributed by atoms with Crippen LogP contribution in [0.3, 0.4) is 0 Å². The zero-order chi connectivity index (χ0) is 24.4. The average Bonchev–Trinajstić information content (AvgIpc) is 2.88. The molecule has 2 aliphatic heterocycles. The Labute approximate surface area is 203 Å². The molecule has 184 valence electrons. The molecular formula is C28H30F3N3O. The van der Waals surface area contributed by atoms with Crippen LogP contribution in [0, 0.1) is 5.92 Å². The van der Waals surface area contributed by atoms with Crippen molar-refractivity contribution in [2.75, 3.05) is 29.9 Å². The SMILES string of the molecule is NCCN(C[C@H]1CC[C@@H]2[C@H](O1)c1cc(C(F)(F)F)ccc1N[C@H]2c1ccccc1)c1ccccc1. The topological polar surface area (TPSA) is 50.5 Å². The van der Waals surface area contributed by atoms with Crippen LogP contribution in [0.25, 0.3) is 0 Å². The number of alkyl halides is 3. The van der Waals surface area contributed by atoms with E-state index in [0.717, 1.165) is 30.2 Å². The van der Waals surface area contributed by atoms with Crippen molar-refractivity contribution < 1.29 is 17.9 Å². The van der Waals surface area contributed by atoms with E-state index in [4.69, 9.17) is 10.5 Å². The molecule has 5 rings (SSSR count). The molecule has 0 radical (unpaired) electrons. The molecule has 3 N–H and O–H groups in total. The fourth-order valence-electron chi connectivity index (χ4n) is 5.42. The summed E-state index contributed by atoms with van der Waals surface area (Å²) in [5.74, 6) is 0.0318. The summed E-state index contributed by atoms with van der Waals surface area (Å²) in [4.78, 5) is 2.20. The molecule has 4 atom stereocenters. The van der Waals surface area contributed by atoms with Crippen LogP contribution < -0.4 is 16.0 Å². The fraction of sp³-hybridized carbons (Fsp3) is 0.357. The lowest BCUT2D eigenvalue weighted by atomic mass is 9.76. The summed E-state index contributed by atoms with van der Waals surface area (Å²) in [6.07, 6.45) is -3.26. The molecule has 0 unspecified atom stereocenters. The normalized spacial score (nSPS) is 23.7. The Morgan fingerprint density at radius 3 is 2.34 bits per heavy atom. The van der Waals surface area contributed by atoms with Crippen LogP contribution in [0.1, 0.15) is 41.7 Å². The Morgan fingerprint density at radius 2 is 1.66 bits per heavy atom. The molecule has 4 nitrogen and oxygen atoms in total. The van der Waals surface area contributed by atoms with E-state index in [2.05, 4.69) is 22.3 Å². The van der Waals surface area contributed by atoms with Gasteiger partial charge in [0, 0.05) is 42.5 Å². The molecule has 35 heavy (non-hydrogen) atoms. The van der Waals surface area contributed by atoms with Crippen molar-refractivity contribution in [3.63, 3.8) is 0 Å². The van der Waals surface area contributed by atoms with E-state index < -0.39 is 17.8 Å². The van der Waals surface area contributed by atoms with Crippen LogP contribution in [-0.2, 0) is 10.9 Å². The molecule has 0 aliphatic carbocycles. The van der Waals surface area contributed by atoms with Crippen molar-refractivity contribution in [3.8, 4) is 0 Å². The molecule has 2 aliphatic rings. The number of rotatable bonds is 6. The molecule has 2 heterocycles. The maximum atomic E-state index is 13.6. The number of hydrogen-bond acceptors (Lipinski definition) is 4. The first-order chi connectivity index (χ1) is 16.9. The van der Waals surface area contributed by atoms with Gasteiger partial charge in [0.05, 0.1) is 23.8 Å². The lowest BCUT2D eigenvalue weighted by molar-refractivity contribution is -0.138. The highest BCUT2D eigenvalue weighted by molar-refractivity contribution is 5.59. The van der Waals surface area contributed by atoms with Crippen LogP contribution in [-0.4, -0.2) is 25.7 Å². The largest absolute Gasteiger partial charge is 0.416 e. The number of nitrogens with two attached hydrogens (primary N) is 1. The first kappa shape index (κ1) is 23.7. The molecule has 1 fully saturated rings. The summed E-state index contributed by atoms with van der Waals surface area (Å²) in [5.41, 5.74) is 8.71. The van der Waals surface area contributed by atoms with Gasteiger partial charge in [-0.3, -0.25) is 0 Å². The summed E-state index contributed by atoms with van der Waals surface area (Å²) in [5, 5.41) is 3.52. The molecule has 3 aromatic rings. The molecule has 0 saturated carbocycles. The fourth-order valence-corrected chi connectivity index (χ4v) is 5.42. The molecule has 0 spiro atoms. The highest BCUT2D eigenvalue weighted by atomic mass is 19.4. The van der Waals surface area contributed by atoms with Gasteiger partial charge >= 0.3 is 6.18 Å². The molecular weight excluding hydrogens is 451 g/mol. The quantitative estimate of drug-likeness (QED) is 0.442. The smallest absolute Gasteiger partial charge is 0.378 e. The number of nitrogens with one attached hydrogen (secondary N) is 1. The third kappa shape index (κ3) is 5.02. The van der Waals surface area contributed by atoms with E-state index in [9.17, 15) is 13.2 Å². The number of nitrogens with zero attached hydrogens (tertiary/aromatic N) is 1. The molecule has 3 aromatic carbocycles. The van der Waals surface area contributed by atoms with Gasteiger partial charge in [0.1, 0.15) is 0 Å². The van der Waals surface area contributed by atoms with E-state index in [1.807, 2.05) is 48.5 Å². The van der Waals surface area contributed by atoms with Crippen LogP contribution >= 0.6 is 0 Å². The zero-order valence-electron chi connectivity index (χ0n) is 19.4. The Hall–Kier alpha value is -3.03. The van der Waals surface area contributed by atoms with Gasteiger partial charge in [0.2, 0.25) is 0 Å². The Kier molecular flexibility index (Phi) is 6.71. The summed E-state index contributed by atoms with van der Waals surface area (Å²) in [7, 11) is 0. The summed E-state index contributed by atoms with van der Waals surface area (Å²) in [6, 6.07) is 24.0. The third-order valence-electron chi connectivity index (χ3n) is 7.08. The first-order valence-corrected chi connectivity index (χ1v) is 12.1. The second-order valence-corrected chi connectivity index (χ2v) is 9.32. The number of benzene rings is 3. The molecule has 0 aromatic heterocycles. The van der Waals surface area contributed by atoms with Gasteiger partial charge < -0.3 is 20.7 Å². The van der Waals surface area contributed by atoms with Gasteiger partial charge in [-0.2, -0.15) is 13.2 Å². The van der Waals surface area contributed by atoms with Gasteiger partial charge in [-0.25, -0.2) is 0 Å². The number of para-hydroxylation sites is 1. The Morgan fingerprint density at radius 1 is 0.943 bits per heavy atom. The van der Waals surface area contributed by atoms with Gasteiger partial charge in [0.25, 0.3) is 0 Å². The van der Waals surface area contributed by atoms with Crippen molar-refractivity contribution >= 4 is 11.4 Å². The Balaban J connectivity index is 1.46. The minimum Gasteiger partial charge on any atom is -0.378 e. The van der Waals surface area contributed by atoms with Crippen LogP contribution in [0.2, 0.25) is 0 Å². The van der Waals surface area contributed by atoms with Crippen molar-refractivity contribution in [1.29, 1.82) is 0 Å². The van der Waals surface area contributed by atoms with Crippen molar-refractivity contribution in [1.82, 2.24) is 0 Å². The minimum absolute atomic E-state index is 0.0272. The maximum Gasteiger partial charge on any atom is 0.416 e. The summed E-state index contributed by atoms with van der Waals surface area (Å²) < 4.78 is 47.3. The highest BCUT2D eigenvalue weighted by Gasteiger charge is 2.43. The molecule has 7 heteroatoms. The zero-order valence-corrected chi connectivity index (χ0v) is 19.4. The second-order valence-electron chi connectivity index (χ2n) is 9.32. The van der Waals surface area contributed by atoms with Gasteiger partial charge in [-0.05, 0) is 48.7 Å².